The number of likely N-dealkylation sites (tertiary alicyclic amines) is 1. The first-order valence-electron chi connectivity index (χ1n) is 24.5. The molecule has 1 aliphatic heterocycles. The summed E-state index contributed by atoms with van der Waals surface area (Å²) in [5.41, 5.74) is 0. The van der Waals surface area contributed by atoms with Gasteiger partial charge >= 0.3 is 11.9 Å². The van der Waals surface area contributed by atoms with Crippen molar-refractivity contribution in [2.45, 2.75) is 235 Å². The van der Waals surface area contributed by atoms with Crippen LogP contribution < -0.4 is 0 Å². The van der Waals surface area contributed by atoms with Crippen LogP contribution in [0.15, 0.2) is 0 Å². The summed E-state index contributed by atoms with van der Waals surface area (Å²) in [5, 5.41) is 0. The standard InChI is InChI=1S/C50H97NO4/c1-42(2)33-35-47(44(5)6)40-54-49(52)31-22-17-13-9-11-15-20-28-46(30-24-27-39-51-37-25-19-26-38-51)29-21-16-12-10-14-18-23-32-50(53)55-41-48(45(7)8)36-34-43(3)4/h42-48H,9-41H2,1-8H3. The second kappa shape index (κ2) is 34.9. The normalized spacial score (nSPS) is 15.6. The van der Waals surface area contributed by atoms with Crippen molar-refractivity contribution < 1.29 is 19.1 Å². The minimum Gasteiger partial charge on any atom is -0.465 e. The molecule has 0 saturated carbocycles. The highest BCUT2D eigenvalue weighted by Gasteiger charge is 2.18. The fourth-order valence-electron chi connectivity index (χ4n) is 8.41. The molecule has 5 nitrogen and oxygen atoms in total. The number of esters is 2. The molecule has 0 bridgehead atoms. The van der Waals surface area contributed by atoms with E-state index >= 15 is 0 Å². The molecule has 0 aromatic carbocycles. The van der Waals surface area contributed by atoms with Crippen LogP contribution in [0.5, 0.6) is 0 Å². The van der Waals surface area contributed by atoms with Crippen LogP contribution in [0, 0.1) is 41.4 Å². The Hall–Kier alpha value is -1.10. The summed E-state index contributed by atoms with van der Waals surface area (Å²) in [4.78, 5) is 27.4. The molecule has 2 atom stereocenters. The quantitative estimate of drug-likeness (QED) is 0.0465. The molecule has 0 aromatic heterocycles. The second-order valence-corrected chi connectivity index (χ2v) is 19.6. The predicted octanol–water partition coefficient (Wildman–Crippen LogP) is 14.8. The molecule has 1 rings (SSSR count). The van der Waals surface area contributed by atoms with Crippen molar-refractivity contribution in [3.05, 3.63) is 0 Å². The highest BCUT2D eigenvalue weighted by Crippen LogP contribution is 2.26. The molecule has 326 valence electrons. The number of unbranched alkanes of at least 4 members (excludes halogenated alkanes) is 13. The molecule has 1 saturated heterocycles. The second-order valence-electron chi connectivity index (χ2n) is 19.6. The molecule has 0 radical (unpaired) electrons. The van der Waals surface area contributed by atoms with Gasteiger partial charge in [0, 0.05) is 12.8 Å². The molecule has 0 aromatic rings. The number of piperidine rings is 1. The van der Waals surface area contributed by atoms with E-state index < -0.39 is 0 Å². The topological polar surface area (TPSA) is 55.8 Å². The summed E-state index contributed by atoms with van der Waals surface area (Å²) in [6.45, 7) is 23.3. The van der Waals surface area contributed by atoms with Gasteiger partial charge in [0.1, 0.15) is 0 Å². The molecule has 0 amide bonds. The van der Waals surface area contributed by atoms with Crippen molar-refractivity contribution in [2.75, 3.05) is 32.8 Å². The number of carbonyl (C=O) groups excluding carboxylic acids is 2. The maximum atomic E-state index is 12.3. The van der Waals surface area contributed by atoms with E-state index in [9.17, 15) is 9.59 Å². The zero-order valence-corrected chi connectivity index (χ0v) is 38.5. The van der Waals surface area contributed by atoms with E-state index in [1.54, 1.807) is 0 Å². The Bertz CT molecular complexity index is 821. The molecule has 0 aliphatic carbocycles. The average molecular weight is 776 g/mol. The molecule has 5 heteroatoms. The van der Waals surface area contributed by atoms with Crippen LogP contribution in [0.2, 0.25) is 0 Å². The van der Waals surface area contributed by atoms with Crippen LogP contribution in [-0.4, -0.2) is 49.7 Å². The van der Waals surface area contributed by atoms with Crippen LogP contribution in [0.25, 0.3) is 0 Å². The lowest BCUT2D eigenvalue weighted by Crippen LogP contribution is -2.30. The molecule has 1 heterocycles. The molecule has 1 aliphatic rings. The Morgan fingerprint density at radius 2 is 0.800 bits per heavy atom. The number of rotatable bonds is 37. The summed E-state index contributed by atoms with van der Waals surface area (Å²) in [5.74, 6) is 4.44. The fourth-order valence-corrected chi connectivity index (χ4v) is 8.41. The zero-order chi connectivity index (χ0) is 40.5. The van der Waals surface area contributed by atoms with Gasteiger partial charge in [-0.15, -0.1) is 0 Å². The lowest BCUT2D eigenvalue weighted by atomic mass is 9.89. The smallest absolute Gasteiger partial charge is 0.305 e. The third kappa shape index (κ3) is 31.6. The summed E-state index contributed by atoms with van der Waals surface area (Å²) in [7, 11) is 0. The highest BCUT2D eigenvalue weighted by molar-refractivity contribution is 5.69. The Kier molecular flexibility index (Phi) is 32.9. The van der Waals surface area contributed by atoms with Crippen molar-refractivity contribution in [1.82, 2.24) is 4.90 Å². The van der Waals surface area contributed by atoms with Crippen molar-refractivity contribution >= 4 is 11.9 Å². The molecular weight excluding hydrogens is 679 g/mol. The molecule has 0 spiro atoms. The maximum Gasteiger partial charge on any atom is 0.305 e. The van der Waals surface area contributed by atoms with Gasteiger partial charge in [0.05, 0.1) is 13.2 Å². The Morgan fingerprint density at radius 3 is 1.18 bits per heavy atom. The van der Waals surface area contributed by atoms with Gasteiger partial charge in [-0.1, -0.05) is 177 Å². The van der Waals surface area contributed by atoms with E-state index in [4.69, 9.17) is 9.47 Å². The lowest BCUT2D eigenvalue weighted by molar-refractivity contribution is -0.146. The van der Waals surface area contributed by atoms with Crippen LogP contribution >= 0.6 is 0 Å². The van der Waals surface area contributed by atoms with Crippen molar-refractivity contribution in [2.24, 2.45) is 41.4 Å². The first-order valence-corrected chi connectivity index (χ1v) is 24.5. The SMILES string of the molecule is CC(C)CCC(COC(=O)CCCCCCCCCC(CCCCCCCCCC(=O)OCC(CCC(C)C)C(C)C)CCCCN1CCCCC1)C(C)C. The van der Waals surface area contributed by atoms with Crippen molar-refractivity contribution in [3.8, 4) is 0 Å². The van der Waals surface area contributed by atoms with Gasteiger partial charge in [0.15, 0.2) is 0 Å². The third-order valence-electron chi connectivity index (χ3n) is 12.8. The molecule has 2 unspecified atom stereocenters. The van der Waals surface area contributed by atoms with E-state index in [2.05, 4.69) is 60.3 Å². The number of nitrogens with zero attached hydrogens (tertiary/aromatic N) is 1. The van der Waals surface area contributed by atoms with Crippen molar-refractivity contribution in [1.29, 1.82) is 0 Å². The van der Waals surface area contributed by atoms with E-state index in [1.807, 2.05) is 0 Å². The van der Waals surface area contributed by atoms with Gasteiger partial charge in [0.2, 0.25) is 0 Å². The number of carbonyl (C=O) groups is 2. The Morgan fingerprint density at radius 1 is 0.436 bits per heavy atom. The fraction of sp³-hybridized carbons (Fsp3) is 0.960. The third-order valence-corrected chi connectivity index (χ3v) is 12.8. The van der Waals surface area contributed by atoms with Gasteiger partial charge in [-0.05, 0) is 106 Å². The van der Waals surface area contributed by atoms with E-state index in [0.717, 1.165) is 44.4 Å². The molecular formula is C50H97NO4. The van der Waals surface area contributed by atoms with Gasteiger partial charge in [-0.3, -0.25) is 9.59 Å². The number of hydrogen-bond donors (Lipinski definition) is 0. The van der Waals surface area contributed by atoms with Gasteiger partial charge in [-0.2, -0.15) is 0 Å². The van der Waals surface area contributed by atoms with Crippen LogP contribution in [0.4, 0.5) is 0 Å². The molecule has 55 heavy (non-hydrogen) atoms. The van der Waals surface area contributed by atoms with Crippen LogP contribution in [0.1, 0.15) is 235 Å². The van der Waals surface area contributed by atoms with Crippen molar-refractivity contribution in [3.63, 3.8) is 0 Å². The predicted molar refractivity (Wildman–Crippen MR) is 237 cm³/mol. The average Bonchev–Trinajstić information content (AvgIpc) is 3.14. The van der Waals surface area contributed by atoms with E-state index in [0.29, 0.717) is 61.6 Å². The van der Waals surface area contributed by atoms with Crippen LogP contribution in [0.3, 0.4) is 0 Å². The summed E-state index contributed by atoms with van der Waals surface area (Å²) >= 11 is 0. The zero-order valence-electron chi connectivity index (χ0n) is 38.5. The van der Waals surface area contributed by atoms with Crippen LogP contribution in [-0.2, 0) is 19.1 Å². The first kappa shape index (κ1) is 51.9. The highest BCUT2D eigenvalue weighted by atomic mass is 16.5. The summed E-state index contributed by atoms with van der Waals surface area (Å²) in [6.07, 6.45) is 34.7. The minimum atomic E-state index is 0.00842. The Balaban J connectivity index is 2.20. The number of ether oxygens (including phenoxy) is 2. The summed E-state index contributed by atoms with van der Waals surface area (Å²) < 4.78 is 11.4. The largest absolute Gasteiger partial charge is 0.465 e. The molecule has 1 fully saturated rings. The maximum absolute atomic E-state index is 12.3. The van der Waals surface area contributed by atoms with Gasteiger partial charge in [0.25, 0.3) is 0 Å². The molecule has 0 N–H and O–H groups in total. The van der Waals surface area contributed by atoms with E-state index in [1.165, 1.54) is 148 Å². The summed E-state index contributed by atoms with van der Waals surface area (Å²) in [6, 6.07) is 0. The number of hydrogen-bond acceptors (Lipinski definition) is 5. The van der Waals surface area contributed by atoms with E-state index in [-0.39, 0.29) is 11.9 Å². The van der Waals surface area contributed by atoms with Gasteiger partial charge < -0.3 is 14.4 Å². The minimum absolute atomic E-state index is 0.00842. The monoisotopic (exact) mass is 776 g/mol. The Labute approximate surface area is 344 Å². The van der Waals surface area contributed by atoms with Gasteiger partial charge in [-0.25, -0.2) is 0 Å². The first-order chi connectivity index (χ1) is 26.5. The lowest BCUT2D eigenvalue weighted by Gasteiger charge is -2.26.